The molecule has 3 aliphatic heterocycles. The van der Waals surface area contributed by atoms with Crippen LogP contribution >= 0.6 is 0 Å². The molecule has 3 amide bonds. The van der Waals surface area contributed by atoms with E-state index in [9.17, 15) is 22.8 Å². The Hall–Kier alpha value is -4.06. The zero-order chi connectivity index (χ0) is 31.7. The van der Waals surface area contributed by atoms with Gasteiger partial charge in [0.05, 0.1) is 24.9 Å². The van der Waals surface area contributed by atoms with Gasteiger partial charge in [0.2, 0.25) is 0 Å². The van der Waals surface area contributed by atoms with E-state index in [0.29, 0.717) is 43.4 Å². The van der Waals surface area contributed by atoms with Crippen molar-refractivity contribution >= 4 is 23.5 Å². The van der Waals surface area contributed by atoms with Gasteiger partial charge < -0.3 is 19.5 Å². The minimum atomic E-state index is -4.43. The van der Waals surface area contributed by atoms with Gasteiger partial charge in [-0.25, -0.2) is 14.6 Å². The minimum absolute atomic E-state index is 0.309. The van der Waals surface area contributed by atoms with E-state index in [2.05, 4.69) is 21.7 Å². The number of alkyl halides is 3. The van der Waals surface area contributed by atoms with E-state index in [-0.39, 0.29) is 12.1 Å². The van der Waals surface area contributed by atoms with Gasteiger partial charge in [0.25, 0.3) is 0 Å². The van der Waals surface area contributed by atoms with Crippen molar-refractivity contribution in [3.05, 3.63) is 77.4 Å². The first-order valence-corrected chi connectivity index (χ1v) is 15.6. The van der Waals surface area contributed by atoms with Crippen LogP contribution in [0, 0.1) is 6.92 Å². The van der Waals surface area contributed by atoms with Crippen LogP contribution in [0.2, 0.25) is 0 Å². The van der Waals surface area contributed by atoms with Gasteiger partial charge in [0.1, 0.15) is 5.82 Å². The van der Waals surface area contributed by atoms with E-state index in [1.54, 1.807) is 9.80 Å². The van der Waals surface area contributed by atoms with Gasteiger partial charge in [-0.05, 0) is 75.4 Å². The first-order chi connectivity index (χ1) is 21.6. The van der Waals surface area contributed by atoms with Crippen molar-refractivity contribution in [2.45, 2.75) is 76.3 Å². The Bertz CT molecular complexity index is 1500. The van der Waals surface area contributed by atoms with Crippen LogP contribution < -0.4 is 10.2 Å². The van der Waals surface area contributed by atoms with Gasteiger partial charge in [-0.2, -0.15) is 13.2 Å². The summed E-state index contributed by atoms with van der Waals surface area (Å²) in [6, 6.07) is 14.7. The highest BCUT2D eigenvalue weighted by Gasteiger charge is 2.42. The molecule has 0 aliphatic carbocycles. The Balaban J connectivity index is 1.09. The molecule has 1 N–H and O–H groups in total. The van der Waals surface area contributed by atoms with Gasteiger partial charge >= 0.3 is 18.3 Å². The molecule has 240 valence electrons. The number of aryl methyl sites for hydroxylation is 1. The lowest BCUT2D eigenvalue weighted by molar-refractivity contribution is -0.137. The van der Waals surface area contributed by atoms with Crippen LogP contribution in [0.5, 0.6) is 0 Å². The number of nitrogens with zero attached hydrogens (tertiary/aromatic N) is 5. The van der Waals surface area contributed by atoms with Crippen LogP contribution in [-0.2, 0) is 23.9 Å². The fourth-order valence-electron chi connectivity index (χ4n) is 7.43. The molecule has 0 spiro atoms. The lowest BCUT2D eigenvalue weighted by Gasteiger charge is -2.41. The first kappa shape index (κ1) is 30.9. The molecule has 4 heterocycles. The van der Waals surface area contributed by atoms with Crippen molar-refractivity contribution in [3.8, 4) is 0 Å². The second-order valence-electron chi connectivity index (χ2n) is 12.2. The van der Waals surface area contributed by atoms with Gasteiger partial charge in [-0.15, -0.1) is 0 Å². The number of rotatable bonds is 7. The molecule has 2 bridgehead atoms. The number of methoxy groups -OCH3 is 1. The number of urea groups is 1. The van der Waals surface area contributed by atoms with E-state index in [4.69, 9.17) is 9.72 Å². The molecule has 0 saturated carbocycles. The average Bonchev–Trinajstić information content (AvgIpc) is 3.48. The first-order valence-electron chi connectivity index (χ1n) is 15.6. The lowest BCUT2D eigenvalue weighted by atomic mass is 9.95. The highest BCUT2D eigenvalue weighted by molar-refractivity contribution is 6.01. The normalized spacial score (nSPS) is 21.4. The van der Waals surface area contributed by atoms with Gasteiger partial charge in [-0.1, -0.05) is 18.2 Å². The molecule has 3 aliphatic rings. The Morgan fingerprint density at radius 3 is 2.36 bits per heavy atom. The number of hydrogen-bond donors (Lipinski definition) is 1. The number of halogens is 3. The standard InChI is InChI=1S/C33H39F3N6O3/c1-22-37-29-21-39(32(44)45-2)18-15-30(29)42(22)28-19-26-13-14-27(20-28)40(26)16-6-17-41(25-7-4-3-5-8-25)31(43)38-24-11-9-23(10-12-24)33(34,35)36/h3-5,7-12,26-28H,6,13-21H2,1-2H3,(H,38,43)/t26-,27+,28?. The van der Waals surface area contributed by atoms with E-state index in [0.717, 1.165) is 74.4 Å². The number of para-hydroxylation sites is 1. The monoisotopic (exact) mass is 624 g/mol. The maximum Gasteiger partial charge on any atom is 0.416 e. The van der Waals surface area contributed by atoms with Gasteiger partial charge in [-0.3, -0.25) is 9.80 Å². The summed E-state index contributed by atoms with van der Waals surface area (Å²) in [6.45, 7) is 4.49. The van der Waals surface area contributed by atoms with E-state index in [1.165, 1.54) is 24.9 Å². The molecule has 45 heavy (non-hydrogen) atoms. The molecule has 2 saturated heterocycles. The highest BCUT2D eigenvalue weighted by Crippen LogP contribution is 2.42. The van der Waals surface area contributed by atoms with Crippen molar-refractivity contribution in [2.24, 2.45) is 0 Å². The summed E-state index contributed by atoms with van der Waals surface area (Å²) in [5, 5.41) is 2.77. The molecule has 3 aromatic rings. The largest absolute Gasteiger partial charge is 0.453 e. The molecule has 0 radical (unpaired) electrons. The summed E-state index contributed by atoms with van der Waals surface area (Å²) in [5.74, 6) is 1.00. The summed E-state index contributed by atoms with van der Waals surface area (Å²) >= 11 is 0. The number of imidazole rings is 1. The zero-order valence-electron chi connectivity index (χ0n) is 25.6. The second kappa shape index (κ2) is 12.7. The van der Waals surface area contributed by atoms with Crippen molar-refractivity contribution in [1.29, 1.82) is 0 Å². The molecule has 12 heteroatoms. The summed E-state index contributed by atoms with van der Waals surface area (Å²) in [5.41, 5.74) is 2.49. The SMILES string of the molecule is COC(=O)N1CCc2c(nc(C)n2C2C[C@H]3CC[C@@H](C2)N3CCCN(C(=O)Nc2ccc(C(F)(F)F)cc2)c2ccccc2)C1. The molecule has 6 rings (SSSR count). The minimum Gasteiger partial charge on any atom is -0.453 e. The Morgan fingerprint density at radius 1 is 1.02 bits per heavy atom. The summed E-state index contributed by atoms with van der Waals surface area (Å²) < 4.78 is 46.3. The number of aromatic nitrogens is 2. The predicted molar refractivity (Wildman–Crippen MR) is 164 cm³/mol. The highest BCUT2D eigenvalue weighted by atomic mass is 19.4. The number of ether oxygens (including phenoxy) is 1. The second-order valence-corrected chi connectivity index (χ2v) is 12.2. The third-order valence-electron chi connectivity index (χ3n) is 9.46. The molecule has 9 nitrogen and oxygen atoms in total. The van der Waals surface area contributed by atoms with Gasteiger partial charge in [0.15, 0.2) is 0 Å². The van der Waals surface area contributed by atoms with Crippen LogP contribution in [0.4, 0.5) is 34.1 Å². The summed E-state index contributed by atoms with van der Waals surface area (Å²) in [4.78, 5) is 36.2. The smallest absolute Gasteiger partial charge is 0.416 e. The third-order valence-corrected chi connectivity index (χ3v) is 9.46. The number of anilines is 2. The number of hydrogen-bond acceptors (Lipinski definition) is 5. The number of fused-ring (bicyclic) bond motifs is 3. The van der Waals surface area contributed by atoms with Crippen LogP contribution in [0.25, 0.3) is 0 Å². The molecule has 3 atom stereocenters. The van der Waals surface area contributed by atoms with Crippen molar-refractivity contribution in [1.82, 2.24) is 19.4 Å². The number of carbonyl (C=O) groups is 2. The van der Waals surface area contributed by atoms with E-state index >= 15 is 0 Å². The molecule has 1 unspecified atom stereocenters. The van der Waals surface area contributed by atoms with Crippen LogP contribution in [0.15, 0.2) is 54.6 Å². The van der Waals surface area contributed by atoms with Crippen molar-refractivity contribution in [3.63, 3.8) is 0 Å². The molecule has 1 aromatic heterocycles. The Morgan fingerprint density at radius 2 is 1.71 bits per heavy atom. The molecular weight excluding hydrogens is 585 g/mol. The average molecular weight is 625 g/mol. The Kier molecular flexibility index (Phi) is 8.76. The Labute approximate surface area is 260 Å². The molecule has 2 aromatic carbocycles. The summed E-state index contributed by atoms with van der Waals surface area (Å²) in [7, 11) is 1.41. The summed E-state index contributed by atoms with van der Waals surface area (Å²) in [6.07, 6.45) is 1.14. The number of benzene rings is 2. The number of carbonyl (C=O) groups excluding carboxylic acids is 2. The van der Waals surface area contributed by atoms with Crippen molar-refractivity contribution in [2.75, 3.05) is 37.0 Å². The number of amides is 3. The fourth-order valence-corrected chi connectivity index (χ4v) is 7.43. The van der Waals surface area contributed by atoms with Crippen LogP contribution in [0.3, 0.4) is 0 Å². The van der Waals surface area contributed by atoms with Crippen molar-refractivity contribution < 1.29 is 27.5 Å². The fraction of sp³-hybridized carbons (Fsp3) is 0.485. The van der Waals surface area contributed by atoms with E-state index in [1.807, 2.05) is 30.3 Å². The zero-order valence-corrected chi connectivity index (χ0v) is 25.6. The van der Waals surface area contributed by atoms with E-state index < -0.39 is 11.7 Å². The third kappa shape index (κ3) is 6.51. The molecule has 2 fully saturated rings. The van der Waals surface area contributed by atoms with Crippen LogP contribution in [0.1, 0.15) is 60.9 Å². The number of piperidine rings is 1. The number of nitrogens with one attached hydrogen (secondary N) is 1. The quantitative estimate of drug-likeness (QED) is 0.319. The maximum atomic E-state index is 13.4. The van der Waals surface area contributed by atoms with Crippen LogP contribution in [-0.4, -0.2) is 70.3 Å². The lowest BCUT2D eigenvalue weighted by Crippen LogP contribution is -2.45. The van der Waals surface area contributed by atoms with Gasteiger partial charge in [0, 0.05) is 61.2 Å². The molecular formula is C33H39F3N6O3. The maximum absolute atomic E-state index is 13.4. The predicted octanol–water partition coefficient (Wildman–Crippen LogP) is 6.63. The topological polar surface area (TPSA) is 82.9 Å².